The summed E-state index contributed by atoms with van der Waals surface area (Å²) in [6.45, 7) is 4.89. The summed E-state index contributed by atoms with van der Waals surface area (Å²) in [4.78, 5) is 24.5. The summed E-state index contributed by atoms with van der Waals surface area (Å²) < 4.78 is 5.45. The van der Waals surface area contributed by atoms with Gasteiger partial charge in [0.2, 0.25) is 5.91 Å². The molecule has 6 nitrogen and oxygen atoms in total. The van der Waals surface area contributed by atoms with Crippen LogP contribution in [0.1, 0.15) is 309 Å². The molecule has 0 radical (unpaired) electrons. The minimum Gasteiger partial charge on any atom is -0.466 e. The highest BCUT2D eigenvalue weighted by Gasteiger charge is 2.20. The van der Waals surface area contributed by atoms with E-state index in [0.717, 1.165) is 77.0 Å². The number of ether oxygens (including phenoxy) is 1. The zero-order valence-corrected chi connectivity index (χ0v) is 41.9. The molecule has 3 N–H and O–H groups in total. The van der Waals surface area contributed by atoms with Crippen LogP contribution in [0.3, 0.4) is 0 Å². The molecule has 0 aliphatic rings. The summed E-state index contributed by atoms with van der Waals surface area (Å²) in [6.07, 6.45) is 60.5. The Morgan fingerprint density at radius 2 is 0.758 bits per heavy atom. The minimum absolute atomic E-state index is 0.0313. The lowest BCUT2D eigenvalue weighted by Gasteiger charge is -2.22. The lowest BCUT2D eigenvalue weighted by molar-refractivity contribution is -0.143. The number of esters is 1. The number of aliphatic hydroxyl groups is 2. The average molecular weight is 876 g/mol. The van der Waals surface area contributed by atoms with Gasteiger partial charge in [-0.1, -0.05) is 257 Å². The standard InChI is InChI=1S/C56H109NO5/c1-3-5-7-9-11-13-15-17-19-21-23-25-27-29-34-38-42-46-50-56(61)62-51-47-43-39-35-31-30-33-37-41-45-49-55(60)57-53(52-58)54(59)48-44-40-36-32-28-26-24-22-20-18-16-14-12-10-8-6-4-2/h31,35,53-54,58-59H,3-30,32-34,36-52H2,1-2H3,(H,57,60)/b35-31-. The molecule has 0 aromatic carbocycles. The fourth-order valence-electron chi connectivity index (χ4n) is 8.75. The van der Waals surface area contributed by atoms with Crippen molar-refractivity contribution in [1.82, 2.24) is 5.32 Å². The lowest BCUT2D eigenvalue weighted by Crippen LogP contribution is -2.45. The van der Waals surface area contributed by atoms with Gasteiger partial charge in [0.1, 0.15) is 0 Å². The fraction of sp³-hybridized carbons (Fsp3) is 0.929. The van der Waals surface area contributed by atoms with Crippen molar-refractivity contribution in [1.29, 1.82) is 0 Å². The number of carbonyl (C=O) groups excluding carboxylic acids is 2. The summed E-state index contributed by atoms with van der Waals surface area (Å²) in [5.41, 5.74) is 0. The number of hydrogen-bond acceptors (Lipinski definition) is 5. The molecule has 1 amide bonds. The average Bonchev–Trinajstić information content (AvgIpc) is 3.27. The quantitative estimate of drug-likeness (QED) is 0.0321. The Morgan fingerprint density at radius 1 is 0.435 bits per heavy atom. The maximum absolute atomic E-state index is 12.5. The SMILES string of the molecule is CCCCCCCCCCCCCCCCCCCCC(=O)OCCCC/C=C\CCCCCCC(=O)NC(CO)C(O)CCCCCCCCCCCCCCCCCCC. The molecule has 368 valence electrons. The second-order valence-corrected chi connectivity index (χ2v) is 19.3. The van der Waals surface area contributed by atoms with Gasteiger partial charge in [-0.2, -0.15) is 0 Å². The molecule has 0 bridgehead atoms. The predicted molar refractivity (Wildman–Crippen MR) is 269 cm³/mol. The summed E-state index contributed by atoms with van der Waals surface area (Å²) in [5.74, 6) is -0.0992. The molecule has 0 heterocycles. The van der Waals surface area contributed by atoms with Gasteiger partial charge in [-0.3, -0.25) is 9.59 Å². The van der Waals surface area contributed by atoms with Crippen LogP contribution in [0.25, 0.3) is 0 Å². The highest BCUT2D eigenvalue weighted by Crippen LogP contribution is 2.17. The Labute approximate surface area is 387 Å². The van der Waals surface area contributed by atoms with Crippen molar-refractivity contribution in [2.24, 2.45) is 0 Å². The zero-order valence-electron chi connectivity index (χ0n) is 41.9. The van der Waals surface area contributed by atoms with E-state index in [4.69, 9.17) is 4.74 Å². The van der Waals surface area contributed by atoms with E-state index in [9.17, 15) is 19.8 Å². The monoisotopic (exact) mass is 876 g/mol. The predicted octanol–water partition coefficient (Wildman–Crippen LogP) is 16.9. The normalized spacial score (nSPS) is 12.6. The van der Waals surface area contributed by atoms with E-state index in [1.165, 1.54) is 199 Å². The molecule has 2 unspecified atom stereocenters. The summed E-state index contributed by atoms with van der Waals surface area (Å²) in [5, 5.41) is 23.2. The van der Waals surface area contributed by atoms with Gasteiger partial charge in [0, 0.05) is 12.8 Å². The molecule has 0 saturated carbocycles. The molecule has 0 aromatic heterocycles. The van der Waals surface area contributed by atoms with Crippen LogP contribution >= 0.6 is 0 Å². The molecular weight excluding hydrogens is 767 g/mol. The van der Waals surface area contributed by atoms with Crippen LogP contribution in [-0.4, -0.2) is 47.4 Å². The Bertz CT molecular complexity index is 924. The maximum atomic E-state index is 12.5. The first kappa shape index (κ1) is 60.6. The van der Waals surface area contributed by atoms with Crippen LogP contribution in [0.5, 0.6) is 0 Å². The van der Waals surface area contributed by atoms with E-state index in [2.05, 4.69) is 31.3 Å². The second kappa shape index (κ2) is 52.2. The zero-order chi connectivity index (χ0) is 45.1. The van der Waals surface area contributed by atoms with E-state index in [0.29, 0.717) is 25.9 Å². The van der Waals surface area contributed by atoms with Crippen LogP contribution < -0.4 is 5.32 Å². The van der Waals surface area contributed by atoms with Crippen molar-refractivity contribution < 1.29 is 24.5 Å². The van der Waals surface area contributed by atoms with Gasteiger partial charge < -0.3 is 20.3 Å². The van der Waals surface area contributed by atoms with Gasteiger partial charge >= 0.3 is 5.97 Å². The Hall–Kier alpha value is -1.40. The summed E-state index contributed by atoms with van der Waals surface area (Å²) in [6, 6.07) is -0.566. The summed E-state index contributed by atoms with van der Waals surface area (Å²) >= 11 is 0. The number of amides is 1. The van der Waals surface area contributed by atoms with Gasteiger partial charge in [0.25, 0.3) is 0 Å². The second-order valence-electron chi connectivity index (χ2n) is 19.3. The van der Waals surface area contributed by atoms with E-state index in [-0.39, 0.29) is 18.5 Å². The number of hydrogen-bond donors (Lipinski definition) is 3. The highest BCUT2D eigenvalue weighted by molar-refractivity contribution is 5.76. The fourth-order valence-corrected chi connectivity index (χ4v) is 8.75. The van der Waals surface area contributed by atoms with Gasteiger partial charge in [-0.15, -0.1) is 0 Å². The third-order valence-corrected chi connectivity index (χ3v) is 13.1. The molecule has 0 saturated heterocycles. The number of carbonyl (C=O) groups is 2. The number of allylic oxidation sites excluding steroid dienone is 2. The van der Waals surface area contributed by atoms with Crippen molar-refractivity contribution >= 4 is 11.9 Å². The largest absolute Gasteiger partial charge is 0.466 e. The molecule has 0 aromatic rings. The van der Waals surface area contributed by atoms with Crippen LogP contribution in [-0.2, 0) is 14.3 Å². The van der Waals surface area contributed by atoms with Crippen LogP contribution in [0.15, 0.2) is 12.2 Å². The van der Waals surface area contributed by atoms with Crippen LogP contribution in [0.2, 0.25) is 0 Å². The van der Waals surface area contributed by atoms with Gasteiger partial charge in [0.15, 0.2) is 0 Å². The maximum Gasteiger partial charge on any atom is 0.305 e. The first-order chi connectivity index (χ1) is 30.5. The molecular formula is C56H109NO5. The lowest BCUT2D eigenvalue weighted by atomic mass is 10.0. The molecule has 0 spiro atoms. The van der Waals surface area contributed by atoms with E-state index >= 15 is 0 Å². The first-order valence-corrected chi connectivity index (χ1v) is 27.9. The molecule has 0 rings (SSSR count). The van der Waals surface area contributed by atoms with E-state index in [1.807, 2.05) is 0 Å². The molecule has 6 heteroatoms. The first-order valence-electron chi connectivity index (χ1n) is 27.9. The Kier molecular flexibility index (Phi) is 51.0. The van der Waals surface area contributed by atoms with E-state index in [1.54, 1.807) is 0 Å². The van der Waals surface area contributed by atoms with Crippen LogP contribution in [0, 0.1) is 0 Å². The third-order valence-electron chi connectivity index (χ3n) is 13.1. The molecule has 62 heavy (non-hydrogen) atoms. The number of unbranched alkanes of at least 4 members (excludes halogenated alkanes) is 39. The minimum atomic E-state index is -0.685. The molecule has 0 aliphatic heterocycles. The smallest absolute Gasteiger partial charge is 0.305 e. The number of aliphatic hydroxyl groups excluding tert-OH is 2. The van der Waals surface area contributed by atoms with Gasteiger partial charge in [-0.25, -0.2) is 0 Å². The van der Waals surface area contributed by atoms with Crippen molar-refractivity contribution in [3.8, 4) is 0 Å². The summed E-state index contributed by atoms with van der Waals surface area (Å²) in [7, 11) is 0. The molecule has 2 atom stereocenters. The number of rotatable bonds is 52. The Balaban J connectivity index is 3.49. The van der Waals surface area contributed by atoms with Crippen LogP contribution in [0.4, 0.5) is 0 Å². The topological polar surface area (TPSA) is 95.9 Å². The molecule has 0 fully saturated rings. The number of nitrogens with one attached hydrogen (secondary N) is 1. The van der Waals surface area contributed by atoms with Gasteiger partial charge in [0.05, 0.1) is 25.4 Å². The Morgan fingerprint density at radius 3 is 1.15 bits per heavy atom. The van der Waals surface area contributed by atoms with Crippen molar-refractivity contribution in [3.63, 3.8) is 0 Å². The van der Waals surface area contributed by atoms with E-state index < -0.39 is 12.1 Å². The highest BCUT2D eigenvalue weighted by atomic mass is 16.5. The third kappa shape index (κ3) is 48.1. The van der Waals surface area contributed by atoms with Gasteiger partial charge in [-0.05, 0) is 51.4 Å². The van der Waals surface area contributed by atoms with Crippen molar-refractivity contribution in [2.45, 2.75) is 321 Å². The van der Waals surface area contributed by atoms with Crippen molar-refractivity contribution in [2.75, 3.05) is 13.2 Å². The van der Waals surface area contributed by atoms with Crippen molar-refractivity contribution in [3.05, 3.63) is 12.2 Å². The molecule has 0 aliphatic carbocycles.